The zero-order valence-corrected chi connectivity index (χ0v) is 34.8. The van der Waals surface area contributed by atoms with Gasteiger partial charge in [0, 0.05) is 0 Å². The Labute approximate surface area is 332 Å². The summed E-state index contributed by atoms with van der Waals surface area (Å²) < 4.78 is 75.6. The Morgan fingerprint density at radius 1 is 0.654 bits per heavy atom. The van der Waals surface area contributed by atoms with Crippen LogP contribution in [0.3, 0.4) is 0 Å². The van der Waals surface area contributed by atoms with Crippen LogP contribution in [-0.2, 0) is 53.8 Å². The molecule has 0 bridgehead atoms. The van der Waals surface area contributed by atoms with E-state index in [0.29, 0.717) is 14.3 Å². The fourth-order valence-corrected chi connectivity index (χ4v) is 7.17. The first-order valence-corrected chi connectivity index (χ1v) is 18.0. The molecule has 4 aromatic rings. The maximum Gasteiger partial charge on any atom is -0.0694 e. The number of allylic oxidation sites excluding steroid dienone is 2. The summed E-state index contributed by atoms with van der Waals surface area (Å²) >= 11 is 0.898. The normalized spacial score (nSPS) is 13.4. The molecule has 0 amide bonds. The van der Waals surface area contributed by atoms with Crippen molar-refractivity contribution in [2.75, 3.05) is 0 Å². The largest absolute Gasteiger partial charge is 1.00 e. The van der Waals surface area contributed by atoms with Crippen molar-refractivity contribution in [3.8, 4) is 11.1 Å². The Hall–Kier alpha value is -2.47. The van der Waals surface area contributed by atoms with Gasteiger partial charge in [0.1, 0.15) is 0 Å². The van der Waals surface area contributed by atoms with Gasteiger partial charge in [-0.2, -0.15) is 24.1 Å². The summed E-state index contributed by atoms with van der Waals surface area (Å²) in [7, 11) is 0. The van der Waals surface area contributed by atoms with Crippen LogP contribution >= 0.6 is 0 Å². The molecule has 0 aliphatic heterocycles. The minimum Gasteiger partial charge on any atom is -1.00 e. The molecule has 4 aromatic carbocycles. The van der Waals surface area contributed by atoms with Gasteiger partial charge in [0.2, 0.25) is 0 Å². The second-order valence-corrected chi connectivity index (χ2v) is 16.3. The van der Waals surface area contributed by atoms with Crippen molar-refractivity contribution in [1.82, 2.24) is 0 Å². The van der Waals surface area contributed by atoms with E-state index in [2.05, 4.69) is 91.8 Å². The van der Waals surface area contributed by atoms with Gasteiger partial charge in [-0.05, 0) is 35.4 Å². The SMILES string of the molecule is Cc1[c-]c2c(cc1C(C)(C)C)-c1cc(C(C)(C)C)c(C)cc1C2.FC(F)(F)c1ccc([C](=[Zr+2])c2ccc(C(F)(F)F)cc2)cc1.[C-]1=CCCC1.[Cl-].[Cl-]. The van der Waals surface area contributed by atoms with Gasteiger partial charge in [-0.25, -0.2) is 0 Å². The summed E-state index contributed by atoms with van der Waals surface area (Å²) in [6.07, 6.45) is 1.21. The zero-order valence-electron chi connectivity index (χ0n) is 30.8. The topological polar surface area (TPSA) is 0 Å². The molecule has 0 aromatic heterocycles. The first-order chi connectivity index (χ1) is 23.1. The van der Waals surface area contributed by atoms with Crippen LogP contribution < -0.4 is 24.8 Å². The van der Waals surface area contributed by atoms with Crippen molar-refractivity contribution in [3.63, 3.8) is 0 Å². The molecule has 0 N–H and O–H groups in total. The number of benzene rings is 4. The van der Waals surface area contributed by atoms with Gasteiger partial charge in [-0.15, -0.1) is 16.7 Å². The Bertz CT molecular complexity index is 1720. The van der Waals surface area contributed by atoms with Crippen molar-refractivity contribution in [3.05, 3.63) is 141 Å². The fraction of sp³-hybridized carbons (Fsp3) is 0.372. The molecule has 0 fully saturated rings. The van der Waals surface area contributed by atoms with E-state index < -0.39 is 23.5 Å². The minimum absolute atomic E-state index is 0. The third kappa shape index (κ3) is 11.5. The van der Waals surface area contributed by atoms with Crippen LogP contribution in [0, 0.1) is 26.0 Å². The van der Waals surface area contributed by atoms with E-state index in [4.69, 9.17) is 0 Å². The summed E-state index contributed by atoms with van der Waals surface area (Å²) in [5.74, 6) is 0. The average Bonchev–Trinajstić information content (AvgIpc) is 3.70. The number of hydrogen-bond donors (Lipinski definition) is 0. The predicted octanol–water partition coefficient (Wildman–Crippen LogP) is 6.65. The van der Waals surface area contributed by atoms with E-state index in [1.807, 2.05) is 0 Å². The van der Waals surface area contributed by atoms with Gasteiger partial charge in [-0.1, -0.05) is 84.4 Å². The number of alkyl halides is 6. The molecule has 278 valence electrons. The van der Waals surface area contributed by atoms with Crippen molar-refractivity contribution in [2.45, 2.75) is 104 Å². The zero-order chi connectivity index (χ0) is 37.2. The van der Waals surface area contributed by atoms with Crippen molar-refractivity contribution >= 4 is 3.21 Å². The standard InChI is InChI=1S/C23H29.C15H8F6.C5H7.2ClH.Zr/c1-14-9-16-11-17-10-15(2)21(23(6,7)8)13-19(17)18(16)12-20(14)22(3,4)5;16-14(17,18)12-5-1-10(2-6-12)9-11-3-7-13(8-4-11)15(19,20)21;1-2-4-5-3-1;;;/h9,12-13H,11H2,1-8H3;1-8H;1H,2,4-5H2;2*1H;/q-1;;-1;;;+2/p-2. The second kappa shape index (κ2) is 17.8. The molecule has 9 heteroatoms. The van der Waals surface area contributed by atoms with E-state index in [9.17, 15) is 26.3 Å². The Kier molecular flexibility index (Phi) is 15.6. The Morgan fingerprint density at radius 3 is 1.48 bits per heavy atom. The fourth-order valence-electron chi connectivity index (χ4n) is 6.35. The molecule has 0 heterocycles. The molecule has 6 rings (SSSR count). The number of rotatable bonds is 2. The first kappa shape index (κ1) is 45.7. The number of fused-ring (bicyclic) bond motifs is 3. The second-order valence-electron chi connectivity index (χ2n) is 15.0. The van der Waals surface area contributed by atoms with E-state index in [-0.39, 0.29) is 35.6 Å². The Balaban J connectivity index is 0.000000307. The van der Waals surface area contributed by atoms with Gasteiger partial charge in [0.15, 0.2) is 0 Å². The molecule has 52 heavy (non-hydrogen) atoms. The van der Waals surface area contributed by atoms with Crippen LogP contribution in [0.5, 0.6) is 0 Å². The summed E-state index contributed by atoms with van der Waals surface area (Å²) in [4.78, 5) is 0. The smallest absolute Gasteiger partial charge is 0.0694 e. The third-order valence-corrected chi connectivity index (χ3v) is 10.3. The molecular formula is C43H44Cl2F6Zr-2. The number of halogens is 8. The van der Waals surface area contributed by atoms with Gasteiger partial charge < -0.3 is 30.9 Å². The minimum atomic E-state index is -4.41. The predicted molar refractivity (Wildman–Crippen MR) is 188 cm³/mol. The molecular weight excluding hydrogens is 793 g/mol. The van der Waals surface area contributed by atoms with Crippen molar-refractivity contribution in [2.24, 2.45) is 0 Å². The maximum atomic E-state index is 12.5. The van der Waals surface area contributed by atoms with E-state index in [1.54, 1.807) is 0 Å². The first-order valence-electron chi connectivity index (χ1n) is 16.8. The summed E-state index contributed by atoms with van der Waals surface area (Å²) in [5.41, 5.74) is 11.2. The molecule has 0 radical (unpaired) electrons. The van der Waals surface area contributed by atoms with Crippen LogP contribution in [0.15, 0.2) is 72.8 Å². The average molecular weight is 837 g/mol. The summed E-state index contributed by atoms with van der Waals surface area (Å²) in [6, 6.07) is 20.1. The number of hydrogen-bond acceptors (Lipinski definition) is 0. The van der Waals surface area contributed by atoms with Gasteiger partial charge in [-0.3, -0.25) is 6.08 Å². The van der Waals surface area contributed by atoms with Crippen LogP contribution in [0.4, 0.5) is 26.3 Å². The van der Waals surface area contributed by atoms with Gasteiger partial charge in [0.05, 0.1) is 0 Å². The maximum absolute atomic E-state index is 12.5. The molecule has 2 aliphatic rings. The van der Waals surface area contributed by atoms with E-state index in [1.165, 1.54) is 88.0 Å². The molecule has 0 nitrogen and oxygen atoms in total. The summed E-state index contributed by atoms with van der Waals surface area (Å²) in [6.45, 7) is 18.2. The molecule has 2 aliphatic carbocycles. The van der Waals surface area contributed by atoms with Gasteiger partial charge >= 0.3 is 137 Å². The van der Waals surface area contributed by atoms with Crippen LogP contribution in [-0.4, -0.2) is 3.21 Å². The van der Waals surface area contributed by atoms with E-state index in [0.717, 1.165) is 54.9 Å². The van der Waals surface area contributed by atoms with Crippen molar-refractivity contribution in [1.29, 1.82) is 0 Å². The van der Waals surface area contributed by atoms with Gasteiger partial charge in [0.25, 0.3) is 0 Å². The molecule has 0 saturated carbocycles. The monoisotopic (exact) mass is 834 g/mol. The quantitative estimate of drug-likeness (QED) is 0.138. The number of aryl methyl sites for hydroxylation is 2. The summed E-state index contributed by atoms with van der Waals surface area (Å²) in [5, 5.41) is 0. The van der Waals surface area contributed by atoms with Crippen molar-refractivity contribution < 1.29 is 75.4 Å². The van der Waals surface area contributed by atoms with Crippen LogP contribution in [0.25, 0.3) is 11.1 Å². The molecule has 0 saturated heterocycles. The van der Waals surface area contributed by atoms with Crippen LogP contribution in [0.1, 0.15) is 116 Å². The van der Waals surface area contributed by atoms with E-state index >= 15 is 0 Å². The molecule has 0 spiro atoms. The third-order valence-electron chi connectivity index (χ3n) is 8.90. The Morgan fingerprint density at radius 2 is 1.12 bits per heavy atom. The van der Waals surface area contributed by atoms with Crippen LogP contribution in [0.2, 0.25) is 0 Å². The molecule has 0 unspecified atom stereocenters. The molecule has 0 atom stereocenters.